The molecule has 0 amide bonds. The first-order valence-electron chi connectivity index (χ1n) is 4.03. The van der Waals surface area contributed by atoms with E-state index >= 15 is 0 Å². The van der Waals surface area contributed by atoms with E-state index in [1.807, 2.05) is 0 Å². The molecule has 0 unspecified atom stereocenters. The van der Waals surface area contributed by atoms with Gasteiger partial charge in [-0.1, -0.05) is 11.8 Å². The van der Waals surface area contributed by atoms with Gasteiger partial charge in [0.2, 0.25) is 0 Å². The van der Waals surface area contributed by atoms with Crippen molar-refractivity contribution in [1.29, 1.82) is 0 Å². The zero-order valence-corrected chi connectivity index (χ0v) is 8.11. The third-order valence-corrected chi connectivity index (χ3v) is 1.10. The molecule has 86 valence electrons. The Kier molecular flexibility index (Phi) is 8.13. The highest BCUT2D eigenvalue weighted by Gasteiger charge is 1.94. The normalized spacial score (nSPS) is 9.88. The monoisotopic (exact) mass is 230 g/mol. The molecule has 0 radical (unpaired) electrons. The lowest BCUT2D eigenvalue weighted by molar-refractivity contribution is -0.137. The van der Waals surface area contributed by atoms with Crippen molar-refractivity contribution in [3.8, 4) is 11.8 Å². The summed E-state index contributed by atoms with van der Waals surface area (Å²) in [5.41, 5.74) is 0. The molecule has 0 rings (SSSR count). The number of halogens is 2. The molecule has 0 saturated carbocycles. The topological polar surface area (TPSA) is 52.6 Å². The molecule has 0 heterocycles. The number of carbonyl (C=O) groups is 2. The van der Waals surface area contributed by atoms with Gasteiger partial charge in [-0.15, -0.1) is 0 Å². The van der Waals surface area contributed by atoms with Crippen LogP contribution in [0.4, 0.5) is 8.78 Å². The minimum atomic E-state index is -0.867. The molecule has 0 aromatic heterocycles. The Morgan fingerprint density at radius 3 is 1.62 bits per heavy atom. The maximum atomic E-state index is 11.4. The Bertz CT molecular complexity index is 318. The van der Waals surface area contributed by atoms with Crippen LogP contribution in [0.25, 0.3) is 0 Å². The summed E-state index contributed by atoms with van der Waals surface area (Å²) in [5.74, 6) is 2.92. The van der Waals surface area contributed by atoms with Gasteiger partial charge >= 0.3 is 11.9 Å². The molecular weight excluding hydrogens is 222 g/mol. The van der Waals surface area contributed by atoms with E-state index in [2.05, 4.69) is 21.3 Å². The summed E-state index contributed by atoms with van der Waals surface area (Å²) in [4.78, 5) is 21.0. The van der Waals surface area contributed by atoms with Gasteiger partial charge in [0.05, 0.1) is 24.8 Å². The SMILES string of the molecule is O=C(/C=C/F)OCC#CCOC(=O)/C=C/F. The van der Waals surface area contributed by atoms with Crippen molar-refractivity contribution in [3.05, 3.63) is 24.8 Å². The summed E-state index contributed by atoms with van der Waals surface area (Å²) >= 11 is 0. The predicted molar refractivity (Wildman–Crippen MR) is 50.2 cm³/mol. The summed E-state index contributed by atoms with van der Waals surface area (Å²) in [5, 5.41) is 0. The fourth-order valence-corrected chi connectivity index (χ4v) is 0.516. The molecular formula is C10H8F2O4. The Morgan fingerprint density at radius 2 is 1.31 bits per heavy atom. The summed E-state index contributed by atoms with van der Waals surface area (Å²) in [7, 11) is 0. The molecule has 0 bridgehead atoms. The highest BCUT2D eigenvalue weighted by molar-refractivity contribution is 5.82. The molecule has 0 aromatic rings. The van der Waals surface area contributed by atoms with Gasteiger partial charge in [0.15, 0.2) is 13.2 Å². The minimum Gasteiger partial charge on any atom is -0.449 e. The summed E-state index contributed by atoms with van der Waals surface area (Å²) in [6.07, 6.45) is 1.27. The zero-order valence-electron chi connectivity index (χ0n) is 8.11. The third kappa shape index (κ3) is 8.44. The van der Waals surface area contributed by atoms with Crippen molar-refractivity contribution in [2.45, 2.75) is 0 Å². The van der Waals surface area contributed by atoms with Gasteiger partial charge in [-0.25, -0.2) is 18.4 Å². The number of rotatable bonds is 4. The molecule has 0 aliphatic heterocycles. The van der Waals surface area contributed by atoms with E-state index in [4.69, 9.17) is 0 Å². The smallest absolute Gasteiger partial charge is 0.334 e. The zero-order chi connectivity index (χ0) is 12.2. The Morgan fingerprint density at radius 1 is 0.938 bits per heavy atom. The van der Waals surface area contributed by atoms with Gasteiger partial charge < -0.3 is 9.47 Å². The van der Waals surface area contributed by atoms with Crippen LogP contribution >= 0.6 is 0 Å². The molecule has 4 nitrogen and oxygen atoms in total. The summed E-state index contributed by atoms with van der Waals surface area (Å²) < 4.78 is 31.6. The van der Waals surface area contributed by atoms with Crippen LogP contribution in [0.1, 0.15) is 0 Å². The number of hydrogen-bond acceptors (Lipinski definition) is 4. The molecule has 0 saturated heterocycles. The van der Waals surface area contributed by atoms with Crippen molar-refractivity contribution >= 4 is 11.9 Å². The maximum Gasteiger partial charge on any atom is 0.334 e. The van der Waals surface area contributed by atoms with Gasteiger partial charge in [0.25, 0.3) is 0 Å². The Balaban J connectivity index is 3.64. The van der Waals surface area contributed by atoms with Crippen LogP contribution in [-0.4, -0.2) is 25.2 Å². The van der Waals surface area contributed by atoms with Gasteiger partial charge in [-0.2, -0.15) is 0 Å². The van der Waals surface area contributed by atoms with Gasteiger partial charge in [0, 0.05) is 0 Å². The van der Waals surface area contributed by atoms with Crippen LogP contribution in [0.15, 0.2) is 24.8 Å². The van der Waals surface area contributed by atoms with Crippen molar-refractivity contribution in [2.24, 2.45) is 0 Å². The average molecular weight is 230 g/mol. The number of carbonyl (C=O) groups excluding carboxylic acids is 2. The predicted octanol–water partition coefficient (Wildman–Crippen LogP) is 1.04. The second-order valence-electron chi connectivity index (χ2n) is 2.15. The fraction of sp³-hybridized carbons (Fsp3) is 0.200. The van der Waals surface area contributed by atoms with Crippen LogP contribution in [0.2, 0.25) is 0 Å². The van der Waals surface area contributed by atoms with E-state index < -0.39 is 11.9 Å². The van der Waals surface area contributed by atoms with Crippen LogP contribution in [-0.2, 0) is 19.1 Å². The molecule has 0 aliphatic carbocycles. The molecule has 16 heavy (non-hydrogen) atoms. The lowest BCUT2D eigenvalue weighted by atomic mass is 10.6. The van der Waals surface area contributed by atoms with E-state index in [1.165, 1.54) is 0 Å². The lowest BCUT2D eigenvalue weighted by Crippen LogP contribution is -2.02. The van der Waals surface area contributed by atoms with Gasteiger partial charge in [-0.05, 0) is 0 Å². The first-order chi connectivity index (χ1) is 7.70. The Labute approximate surface area is 90.5 Å². The second kappa shape index (κ2) is 9.40. The van der Waals surface area contributed by atoms with Crippen LogP contribution in [0.5, 0.6) is 0 Å². The molecule has 0 spiro atoms. The third-order valence-electron chi connectivity index (χ3n) is 1.10. The molecule has 6 heteroatoms. The number of ether oxygens (including phenoxy) is 2. The minimum absolute atomic E-state index is 0.0425. The maximum absolute atomic E-state index is 11.4. The molecule has 0 fully saturated rings. The van der Waals surface area contributed by atoms with Crippen molar-refractivity contribution in [1.82, 2.24) is 0 Å². The molecule has 0 aromatic carbocycles. The van der Waals surface area contributed by atoms with Crippen LogP contribution < -0.4 is 0 Å². The highest BCUT2D eigenvalue weighted by atomic mass is 19.1. The van der Waals surface area contributed by atoms with Crippen molar-refractivity contribution in [2.75, 3.05) is 13.2 Å². The number of esters is 2. The number of hydrogen-bond donors (Lipinski definition) is 0. The summed E-state index contributed by atoms with van der Waals surface area (Å²) in [6, 6.07) is 0. The fourth-order valence-electron chi connectivity index (χ4n) is 0.516. The van der Waals surface area contributed by atoms with Gasteiger partial charge in [-0.3, -0.25) is 0 Å². The van der Waals surface area contributed by atoms with E-state index in [9.17, 15) is 18.4 Å². The molecule has 0 atom stereocenters. The molecule has 0 N–H and O–H groups in total. The second-order valence-corrected chi connectivity index (χ2v) is 2.15. The van der Waals surface area contributed by atoms with E-state index in [-0.39, 0.29) is 25.9 Å². The lowest BCUT2D eigenvalue weighted by Gasteiger charge is -1.94. The van der Waals surface area contributed by atoms with Gasteiger partial charge in [0.1, 0.15) is 0 Å². The standard InChI is InChI=1S/C10H8F2O4/c11-5-3-9(13)15-7-1-2-8-16-10(14)4-6-12/h3-6H,7-8H2/b5-3+,6-4+. The van der Waals surface area contributed by atoms with Crippen molar-refractivity contribution in [3.63, 3.8) is 0 Å². The van der Waals surface area contributed by atoms with Crippen LogP contribution in [0.3, 0.4) is 0 Å². The summed E-state index contributed by atoms with van der Waals surface area (Å²) in [6.45, 7) is -0.501. The average Bonchev–Trinajstić information content (AvgIpc) is 2.24. The Hall–Kier alpha value is -2.16. The van der Waals surface area contributed by atoms with E-state index in [0.717, 1.165) is 0 Å². The quantitative estimate of drug-likeness (QED) is 0.411. The van der Waals surface area contributed by atoms with E-state index in [1.54, 1.807) is 0 Å². The molecule has 0 aliphatic rings. The highest BCUT2D eigenvalue weighted by Crippen LogP contribution is 1.83. The first-order valence-corrected chi connectivity index (χ1v) is 4.03. The largest absolute Gasteiger partial charge is 0.449 e. The van der Waals surface area contributed by atoms with E-state index in [0.29, 0.717) is 12.2 Å². The van der Waals surface area contributed by atoms with Crippen molar-refractivity contribution < 1.29 is 27.8 Å². The van der Waals surface area contributed by atoms with Crippen LogP contribution in [0, 0.1) is 11.8 Å². The first kappa shape index (κ1) is 13.8.